The fourth-order valence-corrected chi connectivity index (χ4v) is 3.68. The molecule has 3 aromatic carbocycles. The average Bonchev–Trinajstić information content (AvgIpc) is 3.17. The van der Waals surface area contributed by atoms with Crippen molar-refractivity contribution < 1.29 is 23.8 Å². The minimum Gasteiger partial charge on any atom is -0.493 e. The lowest BCUT2D eigenvalue weighted by atomic mass is 9.99. The third-order valence-corrected chi connectivity index (χ3v) is 5.25. The zero-order valence-corrected chi connectivity index (χ0v) is 18.6. The van der Waals surface area contributed by atoms with Crippen molar-refractivity contribution in [3.63, 3.8) is 0 Å². The van der Waals surface area contributed by atoms with Crippen LogP contribution in [0.25, 0.3) is 11.3 Å². The Hall–Kier alpha value is -4.26. The number of nitrogens with one attached hydrogen (secondary N) is 2. The van der Waals surface area contributed by atoms with E-state index >= 15 is 0 Å². The van der Waals surface area contributed by atoms with E-state index in [1.54, 1.807) is 57.5 Å². The largest absolute Gasteiger partial charge is 0.493 e. The molecule has 4 rings (SSSR count). The summed E-state index contributed by atoms with van der Waals surface area (Å²) < 4.78 is 15.9. The summed E-state index contributed by atoms with van der Waals surface area (Å²) in [5.74, 6) is 0.434. The van der Waals surface area contributed by atoms with Crippen LogP contribution in [0.5, 0.6) is 11.5 Å². The Kier molecular flexibility index (Phi) is 6.31. The number of hydrogen-bond donors (Lipinski definition) is 2. The van der Waals surface area contributed by atoms with Crippen molar-refractivity contribution in [3.05, 3.63) is 83.4 Å². The fraction of sp³-hybridized carbons (Fsp3) is 0.154. The van der Waals surface area contributed by atoms with Crippen LogP contribution in [0.1, 0.15) is 28.4 Å². The first kappa shape index (κ1) is 22.0. The number of methoxy groups -OCH3 is 2. The highest BCUT2D eigenvalue weighted by Crippen LogP contribution is 2.43. The Labute approximate surface area is 192 Å². The van der Waals surface area contributed by atoms with Crippen LogP contribution in [-0.4, -0.2) is 32.7 Å². The van der Waals surface area contributed by atoms with Crippen molar-refractivity contribution in [1.29, 1.82) is 0 Å². The number of esters is 1. The molecular weight excluding hydrogens is 420 g/mol. The maximum absolute atomic E-state index is 13.1. The number of fused-ring (bicyclic) bond motifs is 1. The van der Waals surface area contributed by atoms with Gasteiger partial charge in [0.2, 0.25) is 0 Å². The molecule has 1 amide bonds. The van der Waals surface area contributed by atoms with Gasteiger partial charge in [0.15, 0.2) is 11.5 Å². The van der Waals surface area contributed by atoms with Crippen molar-refractivity contribution in [2.24, 2.45) is 0 Å². The third kappa shape index (κ3) is 4.39. The Balaban J connectivity index is 1.81. The van der Waals surface area contributed by atoms with Crippen LogP contribution >= 0.6 is 0 Å². The second kappa shape index (κ2) is 9.48. The summed E-state index contributed by atoms with van der Waals surface area (Å²) in [6, 6.07) is 20.0. The normalized spacial score (nSPS) is 13.6. The highest BCUT2D eigenvalue weighted by molar-refractivity contribution is 6.37. The van der Waals surface area contributed by atoms with Gasteiger partial charge in [0.25, 0.3) is 5.91 Å². The third-order valence-electron chi connectivity index (χ3n) is 5.25. The van der Waals surface area contributed by atoms with Crippen LogP contribution in [0.15, 0.2) is 66.7 Å². The molecule has 0 aliphatic carbocycles. The molecule has 0 bridgehead atoms. The summed E-state index contributed by atoms with van der Waals surface area (Å²) in [7, 11) is 3.11. The molecule has 1 heterocycles. The average molecular weight is 444 g/mol. The van der Waals surface area contributed by atoms with E-state index in [1.807, 2.05) is 30.3 Å². The first-order valence-corrected chi connectivity index (χ1v) is 10.5. The van der Waals surface area contributed by atoms with Crippen molar-refractivity contribution in [3.8, 4) is 11.5 Å². The maximum atomic E-state index is 13.1. The molecule has 33 heavy (non-hydrogen) atoms. The SMILES string of the molecule is CCOC(=O)c1ccc(N/C(=C2\C(=O)Nc3cc(OC)c(OC)cc32)c2ccccc2)cc1. The standard InChI is InChI=1S/C26H24N2O5/c1-4-33-26(30)17-10-12-18(13-11-17)27-24(16-8-6-5-7-9-16)23-19-14-21(31-2)22(32-3)15-20(19)28-25(23)29/h5-15,27H,4H2,1-3H3,(H,28,29)/b24-23-. The van der Waals surface area contributed by atoms with Gasteiger partial charge in [-0.1, -0.05) is 30.3 Å². The molecule has 0 saturated carbocycles. The number of anilines is 2. The Morgan fingerprint density at radius 1 is 0.909 bits per heavy atom. The second-order valence-corrected chi connectivity index (χ2v) is 7.25. The molecule has 0 fully saturated rings. The topological polar surface area (TPSA) is 85.9 Å². The van der Waals surface area contributed by atoms with E-state index in [1.165, 1.54) is 0 Å². The summed E-state index contributed by atoms with van der Waals surface area (Å²) in [6.45, 7) is 2.08. The monoisotopic (exact) mass is 444 g/mol. The van der Waals surface area contributed by atoms with Crippen molar-refractivity contribution in [2.45, 2.75) is 6.92 Å². The van der Waals surface area contributed by atoms with Crippen molar-refractivity contribution >= 4 is 34.5 Å². The minimum atomic E-state index is -0.379. The van der Waals surface area contributed by atoms with Crippen LogP contribution in [-0.2, 0) is 9.53 Å². The van der Waals surface area contributed by atoms with Crippen LogP contribution in [0.2, 0.25) is 0 Å². The van der Waals surface area contributed by atoms with Crippen LogP contribution < -0.4 is 20.1 Å². The number of benzene rings is 3. The van der Waals surface area contributed by atoms with Crippen molar-refractivity contribution in [2.75, 3.05) is 31.5 Å². The molecule has 0 unspecified atom stereocenters. The fourth-order valence-electron chi connectivity index (χ4n) is 3.68. The van der Waals surface area contributed by atoms with Gasteiger partial charge >= 0.3 is 5.97 Å². The molecule has 1 aliphatic heterocycles. The van der Waals surface area contributed by atoms with Gasteiger partial charge in [0, 0.05) is 17.3 Å². The summed E-state index contributed by atoms with van der Waals surface area (Å²) in [6.07, 6.45) is 0. The molecule has 1 aliphatic rings. The van der Waals surface area contributed by atoms with E-state index in [2.05, 4.69) is 10.6 Å². The maximum Gasteiger partial charge on any atom is 0.338 e. The second-order valence-electron chi connectivity index (χ2n) is 7.25. The molecule has 168 valence electrons. The first-order chi connectivity index (χ1) is 16.0. The number of carbonyl (C=O) groups is 2. The van der Waals surface area contributed by atoms with Gasteiger partial charge in [-0.2, -0.15) is 0 Å². The van der Waals surface area contributed by atoms with Gasteiger partial charge in [-0.15, -0.1) is 0 Å². The van der Waals surface area contributed by atoms with E-state index in [0.717, 1.165) is 11.3 Å². The molecular formula is C26H24N2O5. The molecule has 0 saturated heterocycles. The van der Waals surface area contributed by atoms with E-state index < -0.39 is 0 Å². The number of rotatable bonds is 7. The zero-order chi connectivity index (χ0) is 23.4. The van der Waals surface area contributed by atoms with Gasteiger partial charge in [-0.25, -0.2) is 4.79 Å². The lowest BCUT2D eigenvalue weighted by molar-refractivity contribution is -0.110. The number of hydrogen-bond acceptors (Lipinski definition) is 6. The molecule has 2 N–H and O–H groups in total. The molecule has 7 nitrogen and oxygen atoms in total. The predicted molar refractivity (Wildman–Crippen MR) is 127 cm³/mol. The Morgan fingerprint density at radius 2 is 1.58 bits per heavy atom. The van der Waals surface area contributed by atoms with E-state index in [-0.39, 0.29) is 11.9 Å². The molecule has 0 aromatic heterocycles. The lowest BCUT2D eigenvalue weighted by Gasteiger charge is -2.16. The number of carbonyl (C=O) groups excluding carboxylic acids is 2. The van der Waals surface area contributed by atoms with Gasteiger partial charge in [0.1, 0.15) is 0 Å². The highest BCUT2D eigenvalue weighted by atomic mass is 16.5. The van der Waals surface area contributed by atoms with Gasteiger partial charge in [0.05, 0.1) is 43.3 Å². The van der Waals surface area contributed by atoms with Crippen LogP contribution in [0.4, 0.5) is 11.4 Å². The quantitative estimate of drug-likeness (QED) is 0.402. The van der Waals surface area contributed by atoms with Crippen LogP contribution in [0, 0.1) is 0 Å². The Bertz CT molecular complexity index is 1220. The smallest absolute Gasteiger partial charge is 0.338 e. The predicted octanol–water partition coefficient (Wildman–Crippen LogP) is 4.81. The summed E-state index contributed by atoms with van der Waals surface area (Å²) in [4.78, 5) is 25.1. The molecule has 0 radical (unpaired) electrons. The minimum absolute atomic E-state index is 0.241. The van der Waals surface area contributed by atoms with E-state index in [4.69, 9.17) is 14.2 Å². The molecule has 3 aromatic rings. The number of amides is 1. The first-order valence-electron chi connectivity index (χ1n) is 10.5. The van der Waals surface area contributed by atoms with E-state index in [0.29, 0.717) is 46.2 Å². The molecule has 0 atom stereocenters. The summed E-state index contributed by atoms with van der Waals surface area (Å²) >= 11 is 0. The summed E-state index contributed by atoms with van der Waals surface area (Å²) in [5.41, 5.74) is 4.45. The lowest BCUT2D eigenvalue weighted by Crippen LogP contribution is -2.10. The molecule has 0 spiro atoms. The summed E-state index contributed by atoms with van der Waals surface area (Å²) in [5, 5.41) is 6.28. The zero-order valence-electron chi connectivity index (χ0n) is 18.6. The van der Waals surface area contributed by atoms with E-state index in [9.17, 15) is 9.59 Å². The molecule has 7 heteroatoms. The van der Waals surface area contributed by atoms with Crippen LogP contribution in [0.3, 0.4) is 0 Å². The van der Waals surface area contributed by atoms with Gasteiger partial charge in [-0.3, -0.25) is 4.79 Å². The van der Waals surface area contributed by atoms with Gasteiger partial charge in [-0.05, 0) is 42.8 Å². The van der Waals surface area contributed by atoms with Gasteiger partial charge < -0.3 is 24.8 Å². The number of ether oxygens (including phenoxy) is 3. The Morgan fingerprint density at radius 3 is 2.21 bits per heavy atom. The van der Waals surface area contributed by atoms with Crippen molar-refractivity contribution in [1.82, 2.24) is 0 Å². The highest BCUT2D eigenvalue weighted by Gasteiger charge is 2.30.